The number of ether oxygens (including phenoxy) is 2. The molecule has 1 amide bonds. The number of alkyl carbamates (subject to hydrolysis) is 1. The molecule has 0 bridgehead atoms. The lowest BCUT2D eigenvalue weighted by atomic mass is 9.95. The van der Waals surface area contributed by atoms with Crippen LogP contribution in [0.25, 0.3) is 11.1 Å². The molecule has 4 N–H and O–H groups in total. The van der Waals surface area contributed by atoms with Gasteiger partial charge in [-0.2, -0.15) is 18.2 Å². The summed E-state index contributed by atoms with van der Waals surface area (Å²) in [5, 5.41) is 8.74. The van der Waals surface area contributed by atoms with E-state index < -0.39 is 23.4 Å². The third-order valence-electron chi connectivity index (χ3n) is 4.56. The summed E-state index contributed by atoms with van der Waals surface area (Å²) >= 11 is 6.31. The van der Waals surface area contributed by atoms with E-state index in [0.717, 1.165) is 6.07 Å². The van der Waals surface area contributed by atoms with Crippen LogP contribution in [0.5, 0.6) is 5.75 Å². The van der Waals surface area contributed by atoms with Gasteiger partial charge in [0.15, 0.2) is 0 Å². The molecule has 2 aromatic carbocycles. The first-order chi connectivity index (χ1) is 16.3. The van der Waals surface area contributed by atoms with E-state index >= 15 is 0 Å². The van der Waals surface area contributed by atoms with Gasteiger partial charge in [0.2, 0.25) is 5.95 Å². The van der Waals surface area contributed by atoms with E-state index in [1.54, 1.807) is 20.8 Å². The Morgan fingerprint density at radius 1 is 1.17 bits per heavy atom. The number of nitrogens with zero attached hydrogens (tertiary/aromatic N) is 2. The maximum Gasteiger partial charge on any atom is 0.417 e. The van der Waals surface area contributed by atoms with E-state index in [-0.39, 0.29) is 41.7 Å². The number of carbonyl (C=O) groups excluding carboxylic acids is 1. The molecule has 0 fully saturated rings. The third-order valence-corrected chi connectivity index (χ3v) is 4.86. The molecule has 0 saturated heterocycles. The lowest BCUT2D eigenvalue weighted by Crippen LogP contribution is -2.34. The summed E-state index contributed by atoms with van der Waals surface area (Å²) < 4.78 is 52.4. The zero-order valence-corrected chi connectivity index (χ0v) is 20.0. The molecule has 0 spiro atoms. The fraction of sp³-hybridized carbons (Fsp3) is 0.348. The molecule has 0 aliphatic carbocycles. The summed E-state index contributed by atoms with van der Waals surface area (Å²) in [6.07, 6.45) is -5.16. The van der Waals surface area contributed by atoms with Gasteiger partial charge in [0.05, 0.1) is 12.1 Å². The van der Waals surface area contributed by atoms with Gasteiger partial charge in [0.1, 0.15) is 23.8 Å². The van der Waals surface area contributed by atoms with Crippen molar-refractivity contribution in [1.29, 1.82) is 0 Å². The van der Waals surface area contributed by atoms with Crippen molar-refractivity contribution in [3.05, 3.63) is 58.4 Å². The Bertz CT molecular complexity index is 1170. The average Bonchev–Trinajstić information content (AvgIpc) is 3.14. The number of alkyl halides is 3. The van der Waals surface area contributed by atoms with Crippen molar-refractivity contribution in [1.82, 2.24) is 20.5 Å². The fourth-order valence-corrected chi connectivity index (χ4v) is 3.57. The van der Waals surface area contributed by atoms with Gasteiger partial charge < -0.3 is 20.5 Å². The maximum absolute atomic E-state index is 13.9. The zero-order valence-electron chi connectivity index (χ0n) is 19.3. The van der Waals surface area contributed by atoms with Crippen molar-refractivity contribution in [3.63, 3.8) is 0 Å². The van der Waals surface area contributed by atoms with Gasteiger partial charge in [-0.25, -0.2) is 4.79 Å². The number of hydrogen-bond acceptors (Lipinski definition) is 6. The molecular weight excluding hydrogens is 487 g/mol. The molecule has 8 nitrogen and oxygen atoms in total. The molecule has 3 aromatic rings. The largest absolute Gasteiger partial charge is 0.492 e. The first kappa shape index (κ1) is 26.1. The van der Waals surface area contributed by atoms with Gasteiger partial charge in [0, 0.05) is 17.0 Å². The molecule has 0 aliphatic heterocycles. The monoisotopic (exact) mass is 511 g/mol. The van der Waals surface area contributed by atoms with Gasteiger partial charge in [-0.1, -0.05) is 23.7 Å². The van der Waals surface area contributed by atoms with Crippen LogP contribution in [0, 0.1) is 0 Å². The topological polar surface area (TPSA) is 115 Å². The number of carbonyl (C=O) groups is 1. The van der Waals surface area contributed by atoms with Crippen LogP contribution in [0.4, 0.5) is 23.9 Å². The van der Waals surface area contributed by atoms with Crippen LogP contribution in [0.15, 0.2) is 36.4 Å². The Morgan fingerprint density at radius 2 is 1.86 bits per heavy atom. The number of hydrogen-bond donors (Lipinski definition) is 3. The van der Waals surface area contributed by atoms with E-state index in [2.05, 4.69) is 20.5 Å². The summed E-state index contributed by atoms with van der Waals surface area (Å²) in [5.41, 5.74) is 4.41. The van der Waals surface area contributed by atoms with Crippen LogP contribution in [-0.2, 0) is 17.3 Å². The summed E-state index contributed by atoms with van der Waals surface area (Å²) in [6, 6.07) is 8.53. The van der Waals surface area contributed by atoms with Crippen molar-refractivity contribution >= 4 is 23.6 Å². The number of aromatic amines is 1. The number of aromatic nitrogens is 3. The van der Waals surface area contributed by atoms with Crippen LogP contribution in [0.1, 0.15) is 37.7 Å². The van der Waals surface area contributed by atoms with Gasteiger partial charge in [-0.3, -0.25) is 5.10 Å². The minimum Gasteiger partial charge on any atom is -0.492 e. The summed E-state index contributed by atoms with van der Waals surface area (Å²) in [6.45, 7) is 5.59. The molecule has 3 rings (SSSR count). The van der Waals surface area contributed by atoms with Gasteiger partial charge in [-0.05, 0) is 56.2 Å². The molecule has 1 heterocycles. The van der Waals surface area contributed by atoms with Crippen molar-refractivity contribution in [2.45, 2.75) is 39.0 Å². The highest BCUT2D eigenvalue weighted by Crippen LogP contribution is 2.42. The van der Waals surface area contributed by atoms with Crippen LogP contribution < -0.4 is 15.8 Å². The lowest BCUT2D eigenvalue weighted by Gasteiger charge is -2.19. The fourth-order valence-electron chi connectivity index (χ4n) is 3.22. The maximum atomic E-state index is 13.9. The predicted octanol–water partition coefficient (Wildman–Crippen LogP) is 5.22. The quantitative estimate of drug-likeness (QED) is 0.375. The number of halogens is 4. The Hall–Kier alpha value is -3.47. The number of amides is 1. The zero-order chi connectivity index (χ0) is 25.8. The second-order valence-electron chi connectivity index (χ2n) is 8.62. The number of nitrogen functional groups attached to an aromatic ring is 1. The van der Waals surface area contributed by atoms with Gasteiger partial charge >= 0.3 is 12.3 Å². The number of anilines is 1. The molecule has 0 saturated carbocycles. The molecule has 35 heavy (non-hydrogen) atoms. The molecule has 188 valence electrons. The highest BCUT2D eigenvalue weighted by molar-refractivity contribution is 6.33. The van der Waals surface area contributed by atoms with E-state index in [0.29, 0.717) is 17.1 Å². The molecule has 12 heteroatoms. The van der Waals surface area contributed by atoms with Crippen molar-refractivity contribution in [2.24, 2.45) is 0 Å². The third kappa shape index (κ3) is 7.51. The second-order valence-corrected chi connectivity index (χ2v) is 9.02. The molecule has 0 atom stereocenters. The first-order valence-electron chi connectivity index (χ1n) is 10.6. The number of nitrogens with two attached hydrogens (primary N) is 1. The number of rotatable bonds is 7. The number of benzene rings is 2. The number of H-pyrrole nitrogens is 1. The Labute approximate surface area is 205 Å². The standard InChI is InChI=1S/C23H25ClF3N5O3/c1-22(2,3)35-21(33)29-8-9-34-15-6-4-14(5-7-15)19-16(23(25,26)27)10-13(11-17(19)24)12-18-30-20(28)32-31-18/h4-7,10-11H,8-9,12H2,1-3H3,(H,29,33)(H3,28,30,31,32). The smallest absolute Gasteiger partial charge is 0.417 e. The summed E-state index contributed by atoms with van der Waals surface area (Å²) in [4.78, 5) is 15.6. The van der Waals surface area contributed by atoms with Crippen molar-refractivity contribution < 1.29 is 27.4 Å². The van der Waals surface area contributed by atoms with E-state index in [1.165, 1.54) is 30.3 Å². The molecule has 0 aliphatic rings. The Kier molecular flexibility index (Phi) is 7.79. The lowest BCUT2D eigenvalue weighted by molar-refractivity contribution is -0.137. The van der Waals surface area contributed by atoms with Crippen LogP contribution >= 0.6 is 11.6 Å². The minimum atomic E-state index is -4.64. The minimum absolute atomic E-state index is 0.00157. The van der Waals surface area contributed by atoms with Gasteiger partial charge in [-0.15, -0.1) is 5.10 Å². The van der Waals surface area contributed by atoms with E-state index in [4.69, 9.17) is 26.8 Å². The van der Waals surface area contributed by atoms with E-state index in [9.17, 15) is 18.0 Å². The van der Waals surface area contributed by atoms with Crippen LogP contribution in [-0.4, -0.2) is 40.0 Å². The predicted molar refractivity (Wildman–Crippen MR) is 125 cm³/mol. The highest BCUT2D eigenvalue weighted by Gasteiger charge is 2.35. The molecule has 0 unspecified atom stereocenters. The van der Waals surface area contributed by atoms with Crippen LogP contribution in [0.2, 0.25) is 5.02 Å². The van der Waals surface area contributed by atoms with Crippen molar-refractivity contribution in [2.75, 3.05) is 18.9 Å². The molecule has 0 radical (unpaired) electrons. The number of nitrogens with one attached hydrogen (secondary N) is 2. The SMILES string of the molecule is CC(C)(C)OC(=O)NCCOc1ccc(-c2c(Cl)cc(Cc3nc(N)n[nH]3)cc2C(F)(F)F)cc1. The average molecular weight is 512 g/mol. The highest BCUT2D eigenvalue weighted by atomic mass is 35.5. The van der Waals surface area contributed by atoms with Crippen LogP contribution in [0.3, 0.4) is 0 Å². The van der Waals surface area contributed by atoms with Gasteiger partial charge in [0.25, 0.3) is 0 Å². The Morgan fingerprint density at radius 3 is 2.43 bits per heavy atom. The van der Waals surface area contributed by atoms with Crippen molar-refractivity contribution in [3.8, 4) is 16.9 Å². The second kappa shape index (κ2) is 10.4. The Balaban J connectivity index is 1.72. The molecular formula is C23H25ClF3N5O3. The first-order valence-corrected chi connectivity index (χ1v) is 11.0. The molecule has 1 aromatic heterocycles. The summed E-state index contributed by atoms with van der Waals surface area (Å²) in [5.74, 6) is 0.743. The summed E-state index contributed by atoms with van der Waals surface area (Å²) in [7, 11) is 0. The van der Waals surface area contributed by atoms with E-state index in [1.807, 2.05) is 0 Å². The normalized spacial score (nSPS) is 11.9.